The number of hydrogen-bond acceptors (Lipinski definition) is 3. The van der Waals surface area contributed by atoms with E-state index in [-0.39, 0.29) is 5.97 Å². The summed E-state index contributed by atoms with van der Waals surface area (Å²) >= 11 is 1.53. The van der Waals surface area contributed by atoms with Crippen LogP contribution in [0.5, 0.6) is 0 Å². The van der Waals surface area contributed by atoms with Gasteiger partial charge in [0, 0.05) is 5.38 Å². The fourth-order valence-corrected chi connectivity index (χ4v) is 1.80. The van der Waals surface area contributed by atoms with Crippen molar-refractivity contribution in [2.45, 2.75) is 13.3 Å². The Balaban J connectivity index is 2.92. The molecule has 11 heavy (non-hydrogen) atoms. The minimum atomic E-state index is -0.233. The lowest BCUT2D eigenvalue weighted by Gasteiger charge is -1.97. The molecule has 1 aromatic heterocycles. The van der Waals surface area contributed by atoms with Gasteiger partial charge < -0.3 is 4.74 Å². The van der Waals surface area contributed by atoms with Crippen molar-refractivity contribution in [1.82, 2.24) is 0 Å². The maximum absolute atomic E-state index is 11.0. The molecule has 2 nitrogen and oxygen atoms in total. The molecule has 0 aliphatic carbocycles. The monoisotopic (exact) mass is 170 g/mol. The molecule has 1 rings (SSSR count). The van der Waals surface area contributed by atoms with E-state index >= 15 is 0 Å². The van der Waals surface area contributed by atoms with Crippen molar-refractivity contribution in [1.29, 1.82) is 0 Å². The van der Waals surface area contributed by atoms with Crippen molar-refractivity contribution < 1.29 is 9.53 Å². The third-order valence-electron chi connectivity index (χ3n) is 1.53. The molecule has 0 aliphatic heterocycles. The summed E-state index contributed by atoms with van der Waals surface area (Å²) < 4.78 is 4.60. The zero-order valence-electron chi connectivity index (χ0n) is 6.59. The summed E-state index contributed by atoms with van der Waals surface area (Å²) in [6.07, 6.45) is 0.883. The van der Waals surface area contributed by atoms with Crippen LogP contribution in [0.1, 0.15) is 22.8 Å². The third-order valence-corrected chi connectivity index (χ3v) is 2.32. The second-order valence-corrected chi connectivity index (χ2v) is 2.90. The van der Waals surface area contributed by atoms with Gasteiger partial charge in [0.1, 0.15) is 0 Å². The Morgan fingerprint density at radius 2 is 2.36 bits per heavy atom. The molecule has 0 N–H and O–H groups in total. The van der Waals surface area contributed by atoms with E-state index in [9.17, 15) is 4.79 Å². The fourth-order valence-electron chi connectivity index (χ4n) is 0.886. The van der Waals surface area contributed by atoms with E-state index in [4.69, 9.17) is 0 Å². The van der Waals surface area contributed by atoms with E-state index in [0.717, 1.165) is 12.0 Å². The van der Waals surface area contributed by atoms with Gasteiger partial charge in [-0.05, 0) is 17.4 Å². The zero-order chi connectivity index (χ0) is 8.27. The lowest BCUT2D eigenvalue weighted by atomic mass is 10.1. The first-order chi connectivity index (χ1) is 5.29. The van der Waals surface area contributed by atoms with Gasteiger partial charge in [-0.3, -0.25) is 0 Å². The molecule has 0 aliphatic rings. The number of methoxy groups -OCH3 is 1. The second kappa shape index (κ2) is 3.53. The maximum Gasteiger partial charge on any atom is 0.338 e. The number of aryl methyl sites for hydroxylation is 1. The van der Waals surface area contributed by atoms with Gasteiger partial charge in [-0.1, -0.05) is 6.92 Å². The van der Waals surface area contributed by atoms with Crippen LogP contribution in [-0.2, 0) is 11.2 Å². The Kier molecular flexibility index (Phi) is 2.65. The highest BCUT2D eigenvalue weighted by atomic mass is 32.1. The quantitative estimate of drug-likeness (QED) is 0.635. The molecule has 60 valence electrons. The Bertz CT molecular complexity index is 252. The number of ether oxygens (including phenoxy) is 1. The van der Waals surface area contributed by atoms with E-state index in [1.165, 1.54) is 18.4 Å². The predicted molar refractivity (Wildman–Crippen MR) is 45.0 cm³/mol. The average Bonchev–Trinajstić information content (AvgIpc) is 2.50. The lowest BCUT2D eigenvalue weighted by Crippen LogP contribution is -2.01. The van der Waals surface area contributed by atoms with Crippen LogP contribution in [-0.4, -0.2) is 13.1 Å². The molecule has 0 amide bonds. The molecule has 0 fully saturated rings. The van der Waals surface area contributed by atoms with Crippen LogP contribution in [0.25, 0.3) is 0 Å². The second-order valence-electron chi connectivity index (χ2n) is 2.16. The van der Waals surface area contributed by atoms with Crippen LogP contribution >= 0.6 is 11.3 Å². The van der Waals surface area contributed by atoms with Crippen LogP contribution in [0.4, 0.5) is 0 Å². The van der Waals surface area contributed by atoms with Gasteiger partial charge in [-0.25, -0.2) is 4.79 Å². The van der Waals surface area contributed by atoms with Crippen molar-refractivity contribution >= 4 is 17.3 Å². The van der Waals surface area contributed by atoms with E-state index < -0.39 is 0 Å². The number of hydrogen-bond donors (Lipinski definition) is 0. The van der Waals surface area contributed by atoms with E-state index in [2.05, 4.69) is 4.74 Å². The molecule has 0 radical (unpaired) electrons. The standard InChI is InChI=1S/C8H10O2S/c1-3-6-4-11-5-7(6)8(9)10-2/h4-5H,3H2,1-2H3. The smallest absolute Gasteiger partial charge is 0.338 e. The zero-order valence-corrected chi connectivity index (χ0v) is 7.40. The van der Waals surface area contributed by atoms with Crippen LogP contribution in [0.2, 0.25) is 0 Å². The number of carbonyl (C=O) groups excluding carboxylic acids is 1. The molecule has 0 saturated heterocycles. The van der Waals surface area contributed by atoms with Crippen molar-refractivity contribution in [3.63, 3.8) is 0 Å². The summed E-state index contributed by atoms with van der Waals surface area (Å²) in [6.45, 7) is 2.02. The SMILES string of the molecule is CCc1cscc1C(=O)OC. The number of carbonyl (C=O) groups is 1. The first-order valence-corrected chi connectivity index (χ1v) is 4.37. The summed E-state index contributed by atoms with van der Waals surface area (Å²) in [5.41, 5.74) is 1.78. The van der Waals surface area contributed by atoms with E-state index in [0.29, 0.717) is 5.56 Å². The van der Waals surface area contributed by atoms with Crippen molar-refractivity contribution in [2.75, 3.05) is 7.11 Å². The summed E-state index contributed by atoms with van der Waals surface area (Å²) in [6, 6.07) is 0. The van der Waals surface area contributed by atoms with Gasteiger partial charge in [0.25, 0.3) is 0 Å². The molecule has 1 aromatic rings. The first-order valence-electron chi connectivity index (χ1n) is 3.43. The Morgan fingerprint density at radius 1 is 1.64 bits per heavy atom. The summed E-state index contributed by atoms with van der Waals surface area (Å²) in [4.78, 5) is 11.0. The highest BCUT2D eigenvalue weighted by Gasteiger charge is 2.10. The largest absolute Gasteiger partial charge is 0.465 e. The molecule has 1 heterocycles. The first kappa shape index (κ1) is 8.27. The van der Waals surface area contributed by atoms with Crippen LogP contribution in [0, 0.1) is 0 Å². The average molecular weight is 170 g/mol. The van der Waals surface area contributed by atoms with Gasteiger partial charge in [0.2, 0.25) is 0 Å². The van der Waals surface area contributed by atoms with Gasteiger partial charge >= 0.3 is 5.97 Å². The minimum absolute atomic E-state index is 0.233. The molecule has 0 aromatic carbocycles. The third kappa shape index (κ3) is 1.60. The predicted octanol–water partition coefficient (Wildman–Crippen LogP) is 2.10. The maximum atomic E-state index is 11.0. The van der Waals surface area contributed by atoms with Crippen molar-refractivity contribution in [2.24, 2.45) is 0 Å². The Hall–Kier alpha value is -0.830. The van der Waals surface area contributed by atoms with Gasteiger partial charge in [0.05, 0.1) is 12.7 Å². The molecule has 0 atom stereocenters. The van der Waals surface area contributed by atoms with Crippen molar-refractivity contribution in [3.05, 3.63) is 21.9 Å². The minimum Gasteiger partial charge on any atom is -0.465 e. The normalized spacial score (nSPS) is 9.64. The van der Waals surface area contributed by atoms with Gasteiger partial charge in [-0.2, -0.15) is 11.3 Å². The Labute approximate surface area is 69.8 Å². The summed E-state index contributed by atoms with van der Waals surface area (Å²) in [5, 5.41) is 3.80. The number of esters is 1. The van der Waals surface area contributed by atoms with Crippen LogP contribution in [0.3, 0.4) is 0 Å². The van der Waals surface area contributed by atoms with Crippen LogP contribution < -0.4 is 0 Å². The van der Waals surface area contributed by atoms with Crippen LogP contribution in [0.15, 0.2) is 10.8 Å². The number of rotatable bonds is 2. The number of thiophene rings is 1. The van der Waals surface area contributed by atoms with E-state index in [1.54, 1.807) is 0 Å². The molecule has 0 spiro atoms. The summed E-state index contributed by atoms with van der Waals surface area (Å²) in [7, 11) is 1.40. The molecular formula is C8H10O2S. The molecule has 3 heteroatoms. The van der Waals surface area contributed by atoms with Gasteiger partial charge in [-0.15, -0.1) is 0 Å². The molecule has 0 saturated carbocycles. The summed E-state index contributed by atoms with van der Waals surface area (Å²) in [5.74, 6) is -0.233. The highest BCUT2D eigenvalue weighted by Crippen LogP contribution is 2.16. The fraction of sp³-hybridized carbons (Fsp3) is 0.375. The molecular weight excluding hydrogens is 160 g/mol. The topological polar surface area (TPSA) is 26.3 Å². The Morgan fingerprint density at radius 3 is 2.91 bits per heavy atom. The highest BCUT2D eigenvalue weighted by molar-refractivity contribution is 7.08. The van der Waals surface area contributed by atoms with E-state index in [1.807, 2.05) is 17.7 Å². The molecule has 0 unspecified atom stereocenters. The lowest BCUT2D eigenvalue weighted by molar-refractivity contribution is 0.0600. The van der Waals surface area contributed by atoms with Crippen molar-refractivity contribution in [3.8, 4) is 0 Å². The molecule has 0 bridgehead atoms. The van der Waals surface area contributed by atoms with Gasteiger partial charge in [0.15, 0.2) is 0 Å².